The highest BCUT2D eigenvalue weighted by Crippen LogP contribution is 2.23. The molecule has 14 heavy (non-hydrogen) atoms. The van der Waals surface area contributed by atoms with Crippen molar-refractivity contribution >= 4 is 0 Å². The lowest BCUT2D eigenvalue weighted by Gasteiger charge is -2.23. The molecule has 0 saturated heterocycles. The van der Waals surface area contributed by atoms with Crippen LogP contribution in [-0.2, 0) is 0 Å². The van der Waals surface area contributed by atoms with Crippen molar-refractivity contribution < 1.29 is 0 Å². The first-order valence-corrected chi connectivity index (χ1v) is 5.56. The summed E-state index contributed by atoms with van der Waals surface area (Å²) < 4.78 is 0. The van der Waals surface area contributed by atoms with Gasteiger partial charge in [-0.05, 0) is 19.8 Å². The van der Waals surface area contributed by atoms with Crippen LogP contribution in [0.15, 0.2) is 12.7 Å². The quantitative estimate of drug-likeness (QED) is 0.551. The molecule has 0 bridgehead atoms. The lowest BCUT2D eigenvalue weighted by atomic mass is 9.96. The first kappa shape index (κ1) is 11.3. The fraction of sp³-hybridized carbons (Fsp3) is 0.750. The highest BCUT2D eigenvalue weighted by atomic mass is 14.9. The largest absolute Gasteiger partial charge is 0.307 e. The van der Waals surface area contributed by atoms with E-state index in [1.165, 1.54) is 19.3 Å². The Balaban J connectivity index is 2.53. The predicted molar refractivity (Wildman–Crippen MR) is 58.8 cm³/mol. The van der Waals surface area contributed by atoms with Crippen LogP contribution < -0.4 is 5.32 Å². The summed E-state index contributed by atoms with van der Waals surface area (Å²) in [5.74, 6) is 0.194. The first-order chi connectivity index (χ1) is 6.77. The van der Waals surface area contributed by atoms with E-state index in [1.54, 1.807) is 0 Å². The smallest absolute Gasteiger partial charge is 0.0672 e. The summed E-state index contributed by atoms with van der Waals surface area (Å²) in [6.45, 7) is 5.84. The van der Waals surface area contributed by atoms with Gasteiger partial charge >= 0.3 is 0 Å². The predicted octanol–water partition coefficient (Wildman–Crippen LogP) is 2.62. The summed E-state index contributed by atoms with van der Waals surface area (Å²) >= 11 is 0. The zero-order chi connectivity index (χ0) is 10.4. The molecule has 0 aliphatic heterocycles. The van der Waals surface area contributed by atoms with E-state index in [0.717, 1.165) is 12.8 Å². The Bertz CT molecular complexity index is 217. The van der Waals surface area contributed by atoms with Crippen LogP contribution in [0.5, 0.6) is 0 Å². The van der Waals surface area contributed by atoms with E-state index in [4.69, 9.17) is 5.26 Å². The number of nitrogens with zero attached hydrogens (tertiary/aromatic N) is 1. The summed E-state index contributed by atoms with van der Waals surface area (Å²) in [6.07, 6.45) is 7.82. The van der Waals surface area contributed by atoms with Crippen molar-refractivity contribution in [2.24, 2.45) is 5.92 Å². The average molecular weight is 192 g/mol. The molecule has 78 valence electrons. The minimum Gasteiger partial charge on any atom is -0.307 e. The molecule has 0 spiro atoms. The molecule has 2 heteroatoms. The number of hydrogen-bond donors (Lipinski definition) is 1. The second-order valence-corrected chi connectivity index (χ2v) is 4.17. The molecule has 1 N–H and O–H groups in total. The van der Waals surface area contributed by atoms with E-state index in [0.29, 0.717) is 12.1 Å². The van der Waals surface area contributed by atoms with Gasteiger partial charge in [-0.3, -0.25) is 0 Å². The van der Waals surface area contributed by atoms with Gasteiger partial charge in [-0.15, -0.1) is 6.58 Å². The standard InChI is InChI=1S/C12H20N2/c1-3-10(2)14-12-8-6-4-5-7-11(12)9-13/h3,10-12,14H,1,4-8H2,2H3. The van der Waals surface area contributed by atoms with Crippen LogP contribution in [0, 0.1) is 17.2 Å². The molecule has 0 aromatic heterocycles. The fourth-order valence-electron chi connectivity index (χ4n) is 2.07. The van der Waals surface area contributed by atoms with E-state index in [-0.39, 0.29) is 5.92 Å². The van der Waals surface area contributed by atoms with Gasteiger partial charge in [-0.25, -0.2) is 0 Å². The van der Waals surface area contributed by atoms with Crippen molar-refractivity contribution in [1.29, 1.82) is 5.26 Å². The van der Waals surface area contributed by atoms with Crippen LogP contribution in [-0.4, -0.2) is 12.1 Å². The first-order valence-electron chi connectivity index (χ1n) is 5.56. The molecule has 3 atom stereocenters. The van der Waals surface area contributed by atoms with E-state index in [9.17, 15) is 0 Å². The Morgan fingerprint density at radius 2 is 2.14 bits per heavy atom. The van der Waals surface area contributed by atoms with Gasteiger partial charge in [0.15, 0.2) is 0 Å². The maximum atomic E-state index is 9.06. The Labute approximate surface area is 87.0 Å². The number of nitriles is 1. The van der Waals surface area contributed by atoms with Gasteiger partial charge in [-0.2, -0.15) is 5.26 Å². The fourth-order valence-corrected chi connectivity index (χ4v) is 2.07. The van der Waals surface area contributed by atoms with Crippen molar-refractivity contribution in [3.05, 3.63) is 12.7 Å². The van der Waals surface area contributed by atoms with E-state index in [2.05, 4.69) is 24.9 Å². The van der Waals surface area contributed by atoms with Gasteiger partial charge in [0.1, 0.15) is 0 Å². The van der Waals surface area contributed by atoms with Crippen molar-refractivity contribution in [2.75, 3.05) is 0 Å². The van der Waals surface area contributed by atoms with Crippen LogP contribution in [0.25, 0.3) is 0 Å². The summed E-state index contributed by atoms with van der Waals surface area (Å²) in [6, 6.07) is 3.11. The zero-order valence-electron chi connectivity index (χ0n) is 9.00. The number of rotatable bonds is 3. The molecule has 1 aliphatic rings. The molecule has 2 nitrogen and oxygen atoms in total. The van der Waals surface area contributed by atoms with Crippen LogP contribution in [0.4, 0.5) is 0 Å². The SMILES string of the molecule is C=CC(C)NC1CCCCCC1C#N. The van der Waals surface area contributed by atoms with E-state index < -0.39 is 0 Å². The zero-order valence-corrected chi connectivity index (χ0v) is 9.00. The molecule has 1 fully saturated rings. The lowest BCUT2D eigenvalue weighted by molar-refractivity contribution is 0.380. The van der Waals surface area contributed by atoms with Gasteiger partial charge in [-0.1, -0.05) is 25.3 Å². The Morgan fingerprint density at radius 3 is 2.79 bits per heavy atom. The minimum atomic E-state index is 0.194. The van der Waals surface area contributed by atoms with Crippen molar-refractivity contribution in [2.45, 2.75) is 51.1 Å². The molecule has 0 heterocycles. The van der Waals surface area contributed by atoms with Crippen LogP contribution in [0.1, 0.15) is 39.0 Å². The normalized spacial score (nSPS) is 30.0. The van der Waals surface area contributed by atoms with Gasteiger partial charge in [0.25, 0.3) is 0 Å². The van der Waals surface area contributed by atoms with Crippen molar-refractivity contribution in [3.8, 4) is 6.07 Å². The van der Waals surface area contributed by atoms with Crippen LogP contribution >= 0.6 is 0 Å². The Morgan fingerprint density at radius 1 is 1.43 bits per heavy atom. The molecule has 3 unspecified atom stereocenters. The van der Waals surface area contributed by atoms with E-state index >= 15 is 0 Å². The number of hydrogen-bond acceptors (Lipinski definition) is 2. The molecule has 0 aromatic rings. The van der Waals surface area contributed by atoms with Crippen molar-refractivity contribution in [3.63, 3.8) is 0 Å². The second kappa shape index (κ2) is 5.82. The van der Waals surface area contributed by atoms with E-state index in [1.807, 2.05) is 6.08 Å². The highest BCUT2D eigenvalue weighted by molar-refractivity contribution is 4.96. The third kappa shape index (κ3) is 3.16. The third-order valence-corrected chi connectivity index (χ3v) is 3.01. The topological polar surface area (TPSA) is 35.8 Å². The molecular formula is C12H20N2. The molecule has 1 rings (SSSR count). The van der Waals surface area contributed by atoms with Gasteiger partial charge in [0.2, 0.25) is 0 Å². The lowest BCUT2D eigenvalue weighted by Crippen LogP contribution is -2.39. The Kier molecular flexibility index (Phi) is 4.69. The van der Waals surface area contributed by atoms with Crippen LogP contribution in [0.3, 0.4) is 0 Å². The molecular weight excluding hydrogens is 172 g/mol. The number of nitrogens with one attached hydrogen (secondary N) is 1. The van der Waals surface area contributed by atoms with Gasteiger partial charge < -0.3 is 5.32 Å². The third-order valence-electron chi connectivity index (χ3n) is 3.01. The monoisotopic (exact) mass is 192 g/mol. The Hall–Kier alpha value is -0.810. The summed E-state index contributed by atoms with van der Waals surface area (Å²) in [4.78, 5) is 0. The molecule has 0 aromatic carbocycles. The minimum absolute atomic E-state index is 0.194. The second-order valence-electron chi connectivity index (χ2n) is 4.17. The maximum Gasteiger partial charge on any atom is 0.0672 e. The summed E-state index contributed by atoms with van der Waals surface area (Å²) in [5, 5.41) is 12.5. The summed E-state index contributed by atoms with van der Waals surface area (Å²) in [7, 11) is 0. The molecule has 1 saturated carbocycles. The van der Waals surface area contributed by atoms with Gasteiger partial charge in [0.05, 0.1) is 12.0 Å². The molecule has 1 aliphatic carbocycles. The maximum absolute atomic E-state index is 9.06. The van der Waals surface area contributed by atoms with Gasteiger partial charge in [0, 0.05) is 12.1 Å². The molecule has 0 radical (unpaired) electrons. The molecule has 0 amide bonds. The average Bonchev–Trinajstić information content (AvgIpc) is 2.42. The van der Waals surface area contributed by atoms with Crippen LogP contribution in [0.2, 0.25) is 0 Å². The summed E-state index contributed by atoms with van der Waals surface area (Å²) in [5.41, 5.74) is 0. The van der Waals surface area contributed by atoms with Crippen molar-refractivity contribution in [1.82, 2.24) is 5.32 Å². The highest BCUT2D eigenvalue weighted by Gasteiger charge is 2.23.